The smallest absolute Gasteiger partial charge is 0.246 e. The molecule has 1 aliphatic heterocycles. The first kappa shape index (κ1) is 28.9. The van der Waals surface area contributed by atoms with Crippen LogP contribution in [0.1, 0.15) is 37.9 Å². The van der Waals surface area contributed by atoms with Crippen LogP contribution in [0.5, 0.6) is 0 Å². The maximum atomic E-state index is 14.9. The average Bonchev–Trinajstić information content (AvgIpc) is 2.95. The standard InChI is InChI=1S/C30H32ClFN6O2/c1-6-26(40)36-14-15-37(20(4)17-36)29(33-5)22-16-23(31)28(21-10-7-8-11-24(21)32)35-30(22)38(18-39)25-12-9-13-34-27(25)19(2)3/h6-13,16,18-20H,1,14-15,17H2,2-5H3/b33-29+. The van der Waals surface area contributed by atoms with Gasteiger partial charge in [-0.25, -0.2) is 9.37 Å². The number of halogens is 2. The molecule has 4 rings (SSSR count). The number of hydrogen-bond acceptors (Lipinski definition) is 5. The topological polar surface area (TPSA) is 82.0 Å². The first-order valence-corrected chi connectivity index (χ1v) is 13.4. The molecule has 3 aromatic rings. The van der Waals surface area contributed by atoms with E-state index in [0.717, 1.165) is 0 Å². The van der Waals surface area contributed by atoms with Gasteiger partial charge in [-0.2, -0.15) is 0 Å². The number of anilines is 2. The van der Waals surface area contributed by atoms with Crippen molar-refractivity contribution in [3.05, 3.63) is 83.4 Å². The number of piperazine rings is 1. The summed E-state index contributed by atoms with van der Waals surface area (Å²) in [6.45, 7) is 11.0. The molecule has 208 valence electrons. The summed E-state index contributed by atoms with van der Waals surface area (Å²) in [7, 11) is 1.65. The van der Waals surface area contributed by atoms with Crippen LogP contribution in [0.4, 0.5) is 15.9 Å². The number of amidine groups is 1. The summed E-state index contributed by atoms with van der Waals surface area (Å²) >= 11 is 6.76. The van der Waals surface area contributed by atoms with Crippen LogP contribution in [0.15, 0.2) is 66.3 Å². The van der Waals surface area contributed by atoms with Gasteiger partial charge >= 0.3 is 0 Å². The normalized spacial score (nSPS) is 15.8. The number of nitrogens with zero attached hydrogens (tertiary/aromatic N) is 6. The van der Waals surface area contributed by atoms with Gasteiger partial charge in [0.15, 0.2) is 5.82 Å². The maximum Gasteiger partial charge on any atom is 0.246 e. The van der Waals surface area contributed by atoms with Gasteiger partial charge in [-0.05, 0) is 49.2 Å². The maximum absolute atomic E-state index is 14.9. The van der Waals surface area contributed by atoms with Crippen molar-refractivity contribution in [3.8, 4) is 11.3 Å². The lowest BCUT2D eigenvalue weighted by molar-refractivity contribution is -0.128. The fraction of sp³-hybridized carbons (Fsp3) is 0.300. The quantitative estimate of drug-likeness (QED) is 0.165. The van der Waals surface area contributed by atoms with E-state index in [0.29, 0.717) is 48.8 Å². The minimum atomic E-state index is -0.487. The van der Waals surface area contributed by atoms with E-state index < -0.39 is 5.82 Å². The highest BCUT2D eigenvalue weighted by atomic mass is 35.5. The second-order valence-corrected chi connectivity index (χ2v) is 10.2. The zero-order chi connectivity index (χ0) is 29.0. The minimum Gasteiger partial charge on any atom is -0.350 e. The molecule has 0 bridgehead atoms. The number of rotatable bonds is 7. The summed E-state index contributed by atoms with van der Waals surface area (Å²) in [6.07, 6.45) is 3.65. The van der Waals surface area contributed by atoms with Crippen LogP contribution in [0.25, 0.3) is 11.3 Å². The number of pyridine rings is 2. The van der Waals surface area contributed by atoms with Crippen LogP contribution in [-0.4, -0.2) is 70.6 Å². The molecule has 3 heterocycles. The third-order valence-electron chi connectivity index (χ3n) is 6.88. The predicted molar refractivity (Wildman–Crippen MR) is 157 cm³/mol. The monoisotopic (exact) mass is 562 g/mol. The van der Waals surface area contributed by atoms with Gasteiger partial charge in [0.05, 0.1) is 27.7 Å². The molecule has 40 heavy (non-hydrogen) atoms. The highest BCUT2D eigenvalue weighted by Crippen LogP contribution is 2.37. The third kappa shape index (κ3) is 5.60. The Morgan fingerprint density at radius 1 is 1.25 bits per heavy atom. The van der Waals surface area contributed by atoms with Crippen molar-refractivity contribution < 1.29 is 14.0 Å². The molecule has 0 aliphatic carbocycles. The van der Waals surface area contributed by atoms with Crippen LogP contribution in [0.2, 0.25) is 5.02 Å². The molecular weight excluding hydrogens is 531 g/mol. The van der Waals surface area contributed by atoms with E-state index in [1.54, 1.807) is 54.5 Å². The van der Waals surface area contributed by atoms with Crippen LogP contribution in [0.3, 0.4) is 0 Å². The molecule has 1 aromatic carbocycles. The second kappa shape index (κ2) is 12.4. The van der Waals surface area contributed by atoms with Crippen molar-refractivity contribution >= 4 is 41.3 Å². The summed E-state index contributed by atoms with van der Waals surface area (Å²) in [5, 5.41) is 0.208. The molecule has 0 N–H and O–H groups in total. The van der Waals surface area contributed by atoms with E-state index in [9.17, 15) is 14.0 Å². The van der Waals surface area contributed by atoms with Crippen LogP contribution < -0.4 is 4.90 Å². The van der Waals surface area contributed by atoms with Gasteiger partial charge in [0.2, 0.25) is 12.3 Å². The van der Waals surface area contributed by atoms with Crippen molar-refractivity contribution in [2.24, 2.45) is 4.99 Å². The number of aromatic nitrogens is 2. The van der Waals surface area contributed by atoms with E-state index in [1.165, 1.54) is 17.0 Å². The summed E-state index contributed by atoms with van der Waals surface area (Å²) < 4.78 is 14.9. The molecule has 0 radical (unpaired) electrons. The Kier molecular flexibility index (Phi) is 8.94. The molecule has 0 spiro atoms. The molecule has 1 fully saturated rings. The molecule has 10 heteroatoms. The molecule has 2 aromatic heterocycles. The lowest BCUT2D eigenvalue weighted by atomic mass is 10.0. The number of aliphatic imine (C=N–C) groups is 1. The van der Waals surface area contributed by atoms with Crippen LogP contribution in [-0.2, 0) is 9.59 Å². The lowest BCUT2D eigenvalue weighted by Gasteiger charge is -2.41. The van der Waals surface area contributed by atoms with Gasteiger partial charge < -0.3 is 9.80 Å². The van der Waals surface area contributed by atoms with E-state index in [1.807, 2.05) is 20.8 Å². The van der Waals surface area contributed by atoms with Crippen molar-refractivity contribution in [1.29, 1.82) is 0 Å². The van der Waals surface area contributed by atoms with Gasteiger partial charge in [-0.3, -0.25) is 24.5 Å². The molecule has 8 nitrogen and oxygen atoms in total. The molecule has 0 saturated carbocycles. The third-order valence-corrected chi connectivity index (χ3v) is 7.17. The number of amides is 2. The van der Waals surface area contributed by atoms with Crippen molar-refractivity contribution in [3.63, 3.8) is 0 Å². The van der Waals surface area contributed by atoms with Gasteiger partial charge in [0.25, 0.3) is 0 Å². The zero-order valence-electron chi connectivity index (χ0n) is 23.0. The fourth-order valence-corrected chi connectivity index (χ4v) is 5.21. The summed E-state index contributed by atoms with van der Waals surface area (Å²) in [5.41, 5.74) is 2.15. The second-order valence-electron chi connectivity index (χ2n) is 9.79. The van der Waals surface area contributed by atoms with E-state index >= 15 is 0 Å². The van der Waals surface area contributed by atoms with Crippen molar-refractivity contribution in [2.45, 2.75) is 32.7 Å². The number of hydrogen-bond donors (Lipinski definition) is 0. The Bertz CT molecular complexity index is 1460. The molecule has 1 saturated heterocycles. The van der Waals surface area contributed by atoms with Gasteiger partial charge in [-0.1, -0.05) is 44.2 Å². The summed E-state index contributed by atoms with van der Waals surface area (Å²) in [5.74, 6) is 0.175. The van der Waals surface area contributed by atoms with Crippen molar-refractivity contribution in [1.82, 2.24) is 19.8 Å². The Morgan fingerprint density at radius 3 is 2.62 bits per heavy atom. The lowest BCUT2D eigenvalue weighted by Crippen LogP contribution is -2.55. The average molecular weight is 563 g/mol. The zero-order valence-corrected chi connectivity index (χ0v) is 23.8. The number of carbonyl (C=O) groups excluding carboxylic acids is 2. The van der Waals surface area contributed by atoms with Gasteiger partial charge in [-0.15, -0.1) is 0 Å². The first-order chi connectivity index (χ1) is 19.2. The Morgan fingerprint density at radius 2 is 2.00 bits per heavy atom. The SMILES string of the molecule is C=CC(=O)N1CCN(/C(=N/C)c2cc(Cl)c(-c3ccccc3F)nc2N(C=O)c2cccnc2C(C)C)C(C)C1. The minimum absolute atomic E-state index is 0.00949. The number of carbonyl (C=O) groups is 2. The number of benzene rings is 1. The molecule has 1 aliphatic rings. The van der Waals surface area contributed by atoms with E-state index in [2.05, 4.69) is 21.5 Å². The molecular formula is C30H32ClFN6O2. The van der Waals surface area contributed by atoms with Crippen LogP contribution in [0, 0.1) is 5.82 Å². The molecule has 2 amide bonds. The Balaban J connectivity index is 1.92. The van der Waals surface area contributed by atoms with Gasteiger partial charge in [0, 0.05) is 44.5 Å². The van der Waals surface area contributed by atoms with Gasteiger partial charge in [0.1, 0.15) is 11.7 Å². The predicted octanol–water partition coefficient (Wildman–Crippen LogP) is 5.45. The molecule has 1 atom stereocenters. The highest BCUT2D eigenvalue weighted by molar-refractivity contribution is 6.33. The van der Waals surface area contributed by atoms with Crippen molar-refractivity contribution in [2.75, 3.05) is 31.6 Å². The van der Waals surface area contributed by atoms with E-state index in [4.69, 9.17) is 16.6 Å². The summed E-state index contributed by atoms with van der Waals surface area (Å²) in [4.78, 5) is 44.1. The van der Waals surface area contributed by atoms with Crippen LogP contribution >= 0.6 is 11.6 Å². The fourth-order valence-electron chi connectivity index (χ4n) is 4.95. The Hall–Kier alpha value is -4.11. The largest absolute Gasteiger partial charge is 0.350 e. The summed E-state index contributed by atoms with van der Waals surface area (Å²) in [6, 6.07) is 11.3. The highest BCUT2D eigenvalue weighted by Gasteiger charge is 2.32. The van der Waals surface area contributed by atoms with E-state index in [-0.39, 0.29) is 40.0 Å². The first-order valence-electron chi connectivity index (χ1n) is 13.0. The Labute approximate surface area is 238 Å². The molecule has 1 unspecified atom stereocenters.